The van der Waals surface area contributed by atoms with Gasteiger partial charge in [0.1, 0.15) is 0 Å². The Morgan fingerprint density at radius 3 is 2.27 bits per heavy atom. The maximum absolute atomic E-state index is 3.86. The monoisotopic (exact) mass is 209 g/mol. The van der Waals surface area contributed by atoms with Crippen molar-refractivity contribution in [2.45, 2.75) is 77.3 Å². The van der Waals surface area contributed by atoms with Gasteiger partial charge in [-0.25, -0.2) is 0 Å². The molecule has 15 heavy (non-hydrogen) atoms. The molecule has 3 unspecified atom stereocenters. The second-order valence-electron chi connectivity index (χ2n) is 6.64. The standard InChI is InChI=1S/C14H27N/c1-14(2,3)15-13-10-6-8-11-7-4-5-9-12(11)13/h11-13,15H,4-10H2,1-3H3. The number of hydrogen-bond acceptors (Lipinski definition) is 1. The van der Waals surface area contributed by atoms with E-state index < -0.39 is 0 Å². The van der Waals surface area contributed by atoms with Crippen molar-refractivity contribution < 1.29 is 0 Å². The quantitative estimate of drug-likeness (QED) is 0.694. The molecule has 0 radical (unpaired) electrons. The average Bonchev–Trinajstić information content (AvgIpc) is 2.16. The van der Waals surface area contributed by atoms with Crippen molar-refractivity contribution in [2.75, 3.05) is 0 Å². The van der Waals surface area contributed by atoms with Crippen molar-refractivity contribution >= 4 is 0 Å². The first-order chi connectivity index (χ1) is 7.06. The predicted octanol–water partition coefficient (Wildman–Crippen LogP) is 3.73. The molecule has 2 rings (SSSR count). The van der Waals surface area contributed by atoms with Crippen molar-refractivity contribution in [3.05, 3.63) is 0 Å². The molecule has 1 N–H and O–H groups in total. The fourth-order valence-corrected chi connectivity index (χ4v) is 3.67. The number of hydrogen-bond donors (Lipinski definition) is 1. The van der Waals surface area contributed by atoms with Crippen LogP contribution in [0.1, 0.15) is 65.7 Å². The molecule has 3 atom stereocenters. The van der Waals surface area contributed by atoms with Gasteiger partial charge in [-0.15, -0.1) is 0 Å². The van der Waals surface area contributed by atoms with Crippen molar-refractivity contribution in [3.63, 3.8) is 0 Å². The summed E-state index contributed by atoms with van der Waals surface area (Å²) < 4.78 is 0. The molecule has 0 saturated heterocycles. The predicted molar refractivity (Wildman–Crippen MR) is 66.0 cm³/mol. The first kappa shape index (κ1) is 11.4. The zero-order valence-corrected chi connectivity index (χ0v) is 10.7. The normalized spacial score (nSPS) is 37.4. The smallest absolute Gasteiger partial charge is 0.0103 e. The molecule has 1 heteroatoms. The van der Waals surface area contributed by atoms with Crippen molar-refractivity contribution in [1.29, 1.82) is 0 Å². The summed E-state index contributed by atoms with van der Waals surface area (Å²) in [5.41, 5.74) is 0.296. The summed E-state index contributed by atoms with van der Waals surface area (Å²) in [4.78, 5) is 0. The summed E-state index contributed by atoms with van der Waals surface area (Å²) in [6.45, 7) is 6.91. The summed E-state index contributed by atoms with van der Waals surface area (Å²) in [5, 5.41) is 3.86. The van der Waals surface area contributed by atoms with Gasteiger partial charge in [-0.1, -0.05) is 32.1 Å². The minimum absolute atomic E-state index is 0.296. The van der Waals surface area contributed by atoms with Gasteiger partial charge in [-0.2, -0.15) is 0 Å². The van der Waals surface area contributed by atoms with Crippen molar-refractivity contribution in [1.82, 2.24) is 5.32 Å². The second-order valence-corrected chi connectivity index (χ2v) is 6.64. The third-order valence-electron chi connectivity index (χ3n) is 4.19. The molecule has 0 bridgehead atoms. The first-order valence-electron chi connectivity index (χ1n) is 6.84. The molecule has 0 aromatic rings. The van der Waals surface area contributed by atoms with Crippen LogP contribution >= 0.6 is 0 Å². The van der Waals surface area contributed by atoms with E-state index in [0.29, 0.717) is 5.54 Å². The third-order valence-corrected chi connectivity index (χ3v) is 4.19. The van der Waals surface area contributed by atoms with Crippen LogP contribution in [0.3, 0.4) is 0 Å². The lowest BCUT2D eigenvalue weighted by molar-refractivity contribution is 0.110. The molecular formula is C14H27N. The third kappa shape index (κ3) is 2.96. The Balaban J connectivity index is 1.97. The van der Waals surface area contributed by atoms with Gasteiger partial charge in [0.05, 0.1) is 0 Å². The molecule has 0 aliphatic heterocycles. The van der Waals surface area contributed by atoms with Crippen molar-refractivity contribution in [2.24, 2.45) is 11.8 Å². The molecule has 1 nitrogen and oxygen atoms in total. The molecule has 0 aromatic heterocycles. The molecule has 2 fully saturated rings. The topological polar surface area (TPSA) is 12.0 Å². The van der Waals surface area contributed by atoms with Crippen LogP contribution in [0.4, 0.5) is 0 Å². The van der Waals surface area contributed by atoms with Gasteiger partial charge in [0.25, 0.3) is 0 Å². The van der Waals surface area contributed by atoms with Crippen LogP contribution in [0.2, 0.25) is 0 Å². The molecular weight excluding hydrogens is 182 g/mol. The Bertz CT molecular complexity index is 202. The van der Waals surface area contributed by atoms with E-state index in [0.717, 1.165) is 17.9 Å². The molecule has 2 saturated carbocycles. The molecule has 0 spiro atoms. The fourth-order valence-electron chi connectivity index (χ4n) is 3.67. The van der Waals surface area contributed by atoms with E-state index in [1.54, 1.807) is 0 Å². The maximum atomic E-state index is 3.86. The van der Waals surface area contributed by atoms with Crippen LogP contribution in [-0.4, -0.2) is 11.6 Å². The zero-order valence-electron chi connectivity index (χ0n) is 10.7. The number of fused-ring (bicyclic) bond motifs is 1. The molecule has 2 aliphatic carbocycles. The summed E-state index contributed by atoms with van der Waals surface area (Å²) in [6.07, 6.45) is 10.3. The lowest BCUT2D eigenvalue weighted by Gasteiger charge is -2.44. The van der Waals surface area contributed by atoms with E-state index >= 15 is 0 Å². The Kier molecular flexibility index (Phi) is 3.39. The summed E-state index contributed by atoms with van der Waals surface area (Å²) >= 11 is 0. The summed E-state index contributed by atoms with van der Waals surface area (Å²) in [6, 6.07) is 0.809. The van der Waals surface area contributed by atoms with Gasteiger partial charge in [-0.05, 0) is 45.4 Å². The Morgan fingerprint density at radius 1 is 0.867 bits per heavy atom. The van der Waals surface area contributed by atoms with Gasteiger partial charge >= 0.3 is 0 Å². The zero-order chi connectivity index (χ0) is 10.9. The second kappa shape index (κ2) is 4.45. The minimum atomic E-state index is 0.296. The highest BCUT2D eigenvalue weighted by molar-refractivity contribution is 4.91. The largest absolute Gasteiger partial charge is 0.309 e. The van der Waals surface area contributed by atoms with Crippen LogP contribution in [0, 0.1) is 11.8 Å². The average molecular weight is 209 g/mol. The van der Waals surface area contributed by atoms with Crippen molar-refractivity contribution in [3.8, 4) is 0 Å². The summed E-state index contributed by atoms with van der Waals surface area (Å²) in [5.74, 6) is 2.04. The Morgan fingerprint density at radius 2 is 1.53 bits per heavy atom. The molecule has 2 aliphatic rings. The van der Waals surface area contributed by atoms with E-state index in [-0.39, 0.29) is 0 Å². The summed E-state index contributed by atoms with van der Waals surface area (Å²) in [7, 11) is 0. The molecule has 0 heterocycles. The Hall–Kier alpha value is -0.0400. The van der Waals surface area contributed by atoms with Gasteiger partial charge in [0.2, 0.25) is 0 Å². The van der Waals surface area contributed by atoms with Crippen LogP contribution in [0.15, 0.2) is 0 Å². The minimum Gasteiger partial charge on any atom is -0.309 e. The van der Waals surface area contributed by atoms with Crippen LogP contribution in [0.5, 0.6) is 0 Å². The van der Waals surface area contributed by atoms with E-state index in [1.165, 1.54) is 44.9 Å². The fraction of sp³-hybridized carbons (Fsp3) is 1.00. The van der Waals surface area contributed by atoms with Gasteiger partial charge < -0.3 is 5.32 Å². The van der Waals surface area contributed by atoms with Crippen LogP contribution in [-0.2, 0) is 0 Å². The van der Waals surface area contributed by atoms with E-state index in [9.17, 15) is 0 Å². The lowest BCUT2D eigenvalue weighted by Crippen LogP contribution is -2.51. The molecule has 0 aromatic carbocycles. The maximum Gasteiger partial charge on any atom is 0.0103 e. The lowest BCUT2D eigenvalue weighted by atomic mass is 9.68. The van der Waals surface area contributed by atoms with Crippen LogP contribution < -0.4 is 5.32 Å². The molecule has 0 amide bonds. The highest BCUT2D eigenvalue weighted by Gasteiger charge is 2.35. The van der Waals surface area contributed by atoms with Gasteiger partial charge in [0.15, 0.2) is 0 Å². The SMILES string of the molecule is CC(C)(C)NC1CCCC2CCCCC21. The first-order valence-corrected chi connectivity index (χ1v) is 6.84. The van der Waals surface area contributed by atoms with Crippen LogP contribution in [0.25, 0.3) is 0 Å². The highest BCUT2D eigenvalue weighted by atomic mass is 15.0. The molecule has 88 valence electrons. The van der Waals surface area contributed by atoms with E-state index in [1.807, 2.05) is 0 Å². The van der Waals surface area contributed by atoms with E-state index in [4.69, 9.17) is 0 Å². The van der Waals surface area contributed by atoms with E-state index in [2.05, 4.69) is 26.1 Å². The van der Waals surface area contributed by atoms with Gasteiger partial charge in [0, 0.05) is 11.6 Å². The Labute approximate surface area is 95.0 Å². The van der Waals surface area contributed by atoms with Gasteiger partial charge in [-0.3, -0.25) is 0 Å². The highest BCUT2D eigenvalue weighted by Crippen LogP contribution is 2.40. The number of rotatable bonds is 1. The number of nitrogens with one attached hydrogen (secondary N) is 1.